The van der Waals surface area contributed by atoms with E-state index in [-0.39, 0.29) is 31.3 Å². The molecule has 1 heterocycles. The van der Waals surface area contributed by atoms with Gasteiger partial charge in [0.05, 0.1) is 0 Å². The third-order valence-electron chi connectivity index (χ3n) is 2.20. The zero-order chi connectivity index (χ0) is 11.4. The van der Waals surface area contributed by atoms with Crippen LogP contribution in [0.2, 0.25) is 0 Å². The minimum absolute atomic E-state index is 0.188. The SMILES string of the molecule is O=C1CCC(=O)N1OOCc1ccccc1. The number of imide groups is 1. The van der Waals surface area contributed by atoms with Crippen molar-refractivity contribution in [2.75, 3.05) is 0 Å². The molecular weight excluding hydrogens is 210 g/mol. The number of hydrogen-bond acceptors (Lipinski definition) is 4. The molecule has 2 amide bonds. The minimum Gasteiger partial charge on any atom is -0.272 e. The van der Waals surface area contributed by atoms with Gasteiger partial charge in [-0.25, -0.2) is 4.89 Å². The molecule has 1 aliphatic heterocycles. The Morgan fingerprint density at radius 1 is 1.06 bits per heavy atom. The second-order valence-electron chi connectivity index (χ2n) is 3.40. The molecule has 0 saturated carbocycles. The second-order valence-corrected chi connectivity index (χ2v) is 3.40. The van der Waals surface area contributed by atoms with E-state index in [1.165, 1.54) is 0 Å². The number of amides is 2. The molecule has 0 bridgehead atoms. The van der Waals surface area contributed by atoms with Gasteiger partial charge in [-0.2, -0.15) is 0 Å². The number of hydroxylamine groups is 2. The Hall–Kier alpha value is -1.72. The zero-order valence-corrected chi connectivity index (χ0v) is 8.59. The molecule has 5 heteroatoms. The maximum absolute atomic E-state index is 11.1. The summed E-state index contributed by atoms with van der Waals surface area (Å²) in [5, 5.41) is 0.670. The van der Waals surface area contributed by atoms with Crippen molar-refractivity contribution in [3.63, 3.8) is 0 Å². The normalized spacial score (nSPS) is 15.9. The average Bonchev–Trinajstić information content (AvgIpc) is 2.62. The van der Waals surface area contributed by atoms with E-state index in [4.69, 9.17) is 4.89 Å². The van der Waals surface area contributed by atoms with Gasteiger partial charge in [-0.05, 0) is 5.56 Å². The van der Waals surface area contributed by atoms with Gasteiger partial charge in [0.1, 0.15) is 6.61 Å². The van der Waals surface area contributed by atoms with Gasteiger partial charge < -0.3 is 0 Å². The van der Waals surface area contributed by atoms with Crippen molar-refractivity contribution >= 4 is 11.8 Å². The molecule has 0 unspecified atom stereocenters. The smallest absolute Gasteiger partial charge is 0.256 e. The van der Waals surface area contributed by atoms with Crippen LogP contribution in [0.4, 0.5) is 0 Å². The Morgan fingerprint density at radius 3 is 2.31 bits per heavy atom. The number of rotatable bonds is 4. The van der Waals surface area contributed by atoms with Crippen LogP contribution in [0.25, 0.3) is 0 Å². The van der Waals surface area contributed by atoms with Crippen molar-refractivity contribution in [1.82, 2.24) is 5.06 Å². The Labute approximate surface area is 92.4 Å². The topological polar surface area (TPSA) is 55.8 Å². The first-order valence-electron chi connectivity index (χ1n) is 4.96. The summed E-state index contributed by atoms with van der Waals surface area (Å²) in [4.78, 5) is 31.7. The molecule has 1 aromatic rings. The van der Waals surface area contributed by atoms with Gasteiger partial charge >= 0.3 is 0 Å². The fraction of sp³-hybridized carbons (Fsp3) is 0.273. The molecular formula is C11H11NO4. The Kier molecular flexibility index (Phi) is 3.28. The predicted octanol–water partition coefficient (Wildman–Crippen LogP) is 1.20. The summed E-state index contributed by atoms with van der Waals surface area (Å²) < 4.78 is 0. The number of hydrogen-bond donors (Lipinski definition) is 0. The van der Waals surface area contributed by atoms with Crippen LogP contribution in [-0.4, -0.2) is 16.9 Å². The third-order valence-corrected chi connectivity index (χ3v) is 2.20. The van der Waals surface area contributed by atoms with E-state index in [0.29, 0.717) is 5.06 Å². The summed E-state index contributed by atoms with van der Waals surface area (Å²) in [5.41, 5.74) is 0.904. The van der Waals surface area contributed by atoms with Gasteiger partial charge in [0, 0.05) is 12.8 Å². The van der Waals surface area contributed by atoms with Gasteiger partial charge in [0.15, 0.2) is 0 Å². The molecule has 16 heavy (non-hydrogen) atoms. The van der Waals surface area contributed by atoms with E-state index in [1.54, 1.807) is 0 Å². The highest BCUT2D eigenvalue weighted by molar-refractivity contribution is 6.00. The lowest BCUT2D eigenvalue weighted by atomic mass is 10.2. The highest BCUT2D eigenvalue weighted by Gasteiger charge is 2.31. The van der Waals surface area contributed by atoms with Crippen LogP contribution >= 0.6 is 0 Å². The van der Waals surface area contributed by atoms with E-state index >= 15 is 0 Å². The van der Waals surface area contributed by atoms with Gasteiger partial charge in [0.2, 0.25) is 0 Å². The molecule has 0 N–H and O–H groups in total. The van der Waals surface area contributed by atoms with Crippen LogP contribution in [0, 0.1) is 0 Å². The Balaban J connectivity index is 1.80. The zero-order valence-electron chi connectivity index (χ0n) is 8.59. The molecule has 0 spiro atoms. The summed E-state index contributed by atoms with van der Waals surface area (Å²) in [6.07, 6.45) is 0.376. The molecule has 0 aromatic heterocycles. The van der Waals surface area contributed by atoms with Crippen molar-refractivity contribution in [3.8, 4) is 0 Å². The first kappa shape index (κ1) is 10.8. The first-order chi connectivity index (χ1) is 7.77. The summed E-state index contributed by atoms with van der Waals surface area (Å²) in [7, 11) is 0. The molecule has 1 saturated heterocycles. The average molecular weight is 221 g/mol. The van der Waals surface area contributed by atoms with Crippen molar-refractivity contribution in [2.45, 2.75) is 19.4 Å². The summed E-state index contributed by atoms with van der Waals surface area (Å²) in [5.74, 6) is -0.726. The highest BCUT2D eigenvalue weighted by atomic mass is 17.3. The fourth-order valence-electron chi connectivity index (χ4n) is 1.36. The summed E-state index contributed by atoms with van der Waals surface area (Å²) >= 11 is 0. The number of benzene rings is 1. The van der Waals surface area contributed by atoms with Crippen molar-refractivity contribution in [3.05, 3.63) is 35.9 Å². The maximum Gasteiger partial charge on any atom is 0.256 e. The Morgan fingerprint density at radius 2 is 1.69 bits per heavy atom. The number of nitrogens with zero attached hydrogens (tertiary/aromatic N) is 1. The van der Waals surface area contributed by atoms with Crippen LogP contribution < -0.4 is 0 Å². The highest BCUT2D eigenvalue weighted by Crippen LogP contribution is 2.12. The molecule has 0 aliphatic carbocycles. The number of carbonyl (C=O) groups is 2. The van der Waals surface area contributed by atoms with Crippen LogP contribution in [0.15, 0.2) is 30.3 Å². The van der Waals surface area contributed by atoms with Gasteiger partial charge in [-0.3, -0.25) is 9.59 Å². The lowest BCUT2D eigenvalue weighted by Crippen LogP contribution is -2.29. The van der Waals surface area contributed by atoms with Gasteiger partial charge in [-0.1, -0.05) is 30.3 Å². The van der Waals surface area contributed by atoms with E-state index < -0.39 is 0 Å². The molecule has 1 aromatic carbocycles. The molecule has 1 fully saturated rings. The fourth-order valence-corrected chi connectivity index (χ4v) is 1.36. The van der Waals surface area contributed by atoms with E-state index in [1.807, 2.05) is 30.3 Å². The first-order valence-corrected chi connectivity index (χ1v) is 4.96. The quantitative estimate of drug-likeness (QED) is 0.435. The molecule has 0 atom stereocenters. The standard InChI is InChI=1S/C11H11NO4/c13-10-6-7-11(14)12(10)16-15-8-9-4-2-1-3-5-9/h1-5H,6-8H2. The van der Waals surface area contributed by atoms with Gasteiger partial charge in [0.25, 0.3) is 11.8 Å². The molecule has 1 aliphatic rings. The molecule has 5 nitrogen and oxygen atoms in total. The van der Waals surface area contributed by atoms with E-state index in [0.717, 1.165) is 5.56 Å². The monoisotopic (exact) mass is 221 g/mol. The lowest BCUT2D eigenvalue weighted by Gasteiger charge is -2.11. The van der Waals surface area contributed by atoms with Crippen LogP contribution in [0.3, 0.4) is 0 Å². The number of carbonyl (C=O) groups excluding carboxylic acids is 2. The van der Waals surface area contributed by atoms with Crippen LogP contribution in [-0.2, 0) is 26.1 Å². The molecule has 84 valence electrons. The van der Waals surface area contributed by atoms with Crippen molar-refractivity contribution in [1.29, 1.82) is 0 Å². The van der Waals surface area contributed by atoms with Gasteiger partial charge in [-0.15, -0.1) is 10.1 Å². The van der Waals surface area contributed by atoms with Crippen LogP contribution in [0.1, 0.15) is 18.4 Å². The maximum atomic E-state index is 11.1. The second kappa shape index (κ2) is 4.87. The Bertz CT molecular complexity index is 374. The van der Waals surface area contributed by atoms with Crippen LogP contribution in [0.5, 0.6) is 0 Å². The van der Waals surface area contributed by atoms with Crippen molar-refractivity contribution < 1.29 is 19.5 Å². The predicted molar refractivity (Wildman–Crippen MR) is 53.4 cm³/mol. The third kappa shape index (κ3) is 2.44. The largest absolute Gasteiger partial charge is 0.272 e. The minimum atomic E-state index is -0.363. The molecule has 0 radical (unpaired) electrons. The van der Waals surface area contributed by atoms with Crippen molar-refractivity contribution in [2.24, 2.45) is 0 Å². The molecule has 2 rings (SSSR count). The van der Waals surface area contributed by atoms with E-state index in [2.05, 4.69) is 4.99 Å². The lowest BCUT2D eigenvalue weighted by molar-refractivity contribution is -0.400. The summed E-state index contributed by atoms with van der Waals surface area (Å²) in [6, 6.07) is 9.33. The summed E-state index contributed by atoms with van der Waals surface area (Å²) in [6.45, 7) is 0.192. The van der Waals surface area contributed by atoms with E-state index in [9.17, 15) is 9.59 Å².